The van der Waals surface area contributed by atoms with Gasteiger partial charge in [-0.3, -0.25) is 0 Å². The molecular formula is C17H15F3N6O2S. The summed E-state index contributed by atoms with van der Waals surface area (Å²) in [6, 6.07) is 3.83. The number of nitrogens with zero attached hydrogens (tertiary/aromatic N) is 6. The van der Waals surface area contributed by atoms with Gasteiger partial charge in [-0.2, -0.15) is 13.2 Å². The number of fused-ring (bicyclic) bond motifs is 2. The second-order valence-electron chi connectivity index (χ2n) is 6.50. The normalized spacial score (nSPS) is 12.9. The van der Waals surface area contributed by atoms with Gasteiger partial charge in [0.1, 0.15) is 17.0 Å². The van der Waals surface area contributed by atoms with Crippen LogP contribution in [0.4, 0.5) is 13.2 Å². The first kappa shape index (κ1) is 19.3. The third-order valence-electron chi connectivity index (χ3n) is 4.73. The highest BCUT2D eigenvalue weighted by Crippen LogP contribution is 2.34. The Hall–Kier alpha value is -3.02. The molecule has 0 bridgehead atoms. The van der Waals surface area contributed by atoms with Gasteiger partial charge in [-0.15, -0.1) is 5.10 Å². The summed E-state index contributed by atoms with van der Waals surface area (Å²) in [5.41, 5.74) is 0.530. The minimum Gasteiger partial charge on any atom is -0.326 e. The molecule has 0 radical (unpaired) electrons. The molecule has 0 aliphatic rings. The van der Waals surface area contributed by atoms with Crippen molar-refractivity contribution in [3.8, 4) is 11.4 Å². The molecule has 29 heavy (non-hydrogen) atoms. The van der Waals surface area contributed by atoms with Crippen LogP contribution in [0.2, 0.25) is 0 Å². The molecule has 4 aromatic rings. The van der Waals surface area contributed by atoms with Crippen LogP contribution in [0.3, 0.4) is 0 Å². The number of hydrogen-bond donors (Lipinski definition) is 0. The molecule has 3 heterocycles. The molecule has 0 N–H and O–H groups in total. The van der Waals surface area contributed by atoms with Crippen LogP contribution in [-0.2, 0) is 30.1 Å². The van der Waals surface area contributed by atoms with Gasteiger partial charge >= 0.3 is 6.18 Å². The molecule has 0 fully saturated rings. The topological polar surface area (TPSA) is 95.6 Å². The van der Waals surface area contributed by atoms with E-state index in [0.29, 0.717) is 16.6 Å². The molecule has 0 saturated carbocycles. The molecule has 0 aliphatic carbocycles. The van der Waals surface area contributed by atoms with E-state index < -0.39 is 21.7 Å². The van der Waals surface area contributed by atoms with E-state index in [1.54, 1.807) is 14.1 Å². The van der Waals surface area contributed by atoms with Crippen molar-refractivity contribution >= 4 is 31.9 Å². The van der Waals surface area contributed by atoms with Gasteiger partial charge in [0, 0.05) is 19.7 Å². The lowest BCUT2D eigenvalue weighted by atomic mass is 10.2. The molecular weight excluding hydrogens is 409 g/mol. The molecule has 1 aromatic carbocycles. The third-order valence-corrected chi connectivity index (χ3v) is 6.49. The average molecular weight is 424 g/mol. The molecule has 3 aromatic heterocycles. The monoisotopic (exact) mass is 424 g/mol. The quantitative estimate of drug-likeness (QED) is 0.502. The van der Waals surface area contributed by atoms with Crippen molar-refractivity contribution in [3.63, 3.8) is 0 Å². The van der Waals surface area contributed by atoms with Gasteiger partial charge in [0.05, 0.1) is 33.4 Å². The van der Waals surface area contributed by atoms with Crippen molar-refractivity contribution in [1.29, 1.82) is 0 Å². The Morgan fingerprint density at radius 3 is 2.45 bits per heavy atom. The van der Waals surface area contributed by atoms with Gasteiger partial charge < -0.3 is 4.57 Å². The maximum Gasteiger partial charge on any atom is 0.433 e. The standard InChI is InChI=1S/C17H15F3N6O2S/c1-4-29(27,28)14-7-12-11(23-24-26(12)3)5-9(14)16-22-10-6-15(17(18,19)20)21-8-13(10)25(16)2/h5-8H,4H2,1-3H3. The van der Waals surface area contributed by atoms with Crippen molar-refractivity contribution in [2.24, 2.45) is 14.1 Å². The van der Waals surface area contributed by atoms with Crippen LogP contribution in [-0.4, -0.2) is 43.7 Å². The fraction of sp³-hybridized carbons (Fsp3) is 0.294. The molecule has 0 atom stereocenters. The minimum atomic E-state index is -4.61. The van der Waals surface area contributed by atoms with Crippen LogP contribution < -0.4 is 0 Å². The lowest BCUT2D eigenvalue weighted by Gasteiger charge is -2.10. The van der Waals surface area contributed by atoms with Gasteiger partial charge in [-0.1, -0.05) is 12.1 Å². The van der Waals surface area contributed by atoms with Crippen LogP contribution in [0.15, 0.2) is 29.3 Å². The Morgan fingerprint density at radius 1 is 1.07 bits per heavy atom. The second kappa shape index (κ2) is 6.24. The Morgan fingerprint density at radius 2 is 1.79 bits per heavy atom. The van der Waals surface area contributed by atoms with Gasteiger partial charge in [0.25, 0.3) is 0 Å². The highest BCUT2D eigenvalue weighted by Gasteiger charge is 2.33. The zero-order valence-electron chi connectivity index (χ0n) is 15.6. The van der Waals surface area contributed by atoms with Gasteiger partial charge in [0.2, 0.25) is 0 Å². The molecule has 0 unspecified atom stereocenters. The van der Waals surface area contributed by atoms with E-state index in [2.05, 4.69) is 20.3 Å². The summed E-state index contributed by atoms with van der Waals surface area (Å²) in [5.74, 6) is 0.0428. The molecule has 152 valence electrons. The summed E-state index contributed by atoms with van der Waals surface area (Å²) in [4.78, 5) is 7.75. The molecule has 0 amide bonds. The maximum absolute atomic E-state index is 13.0. The van der Waals surface area contributed by atoms with E-state index in [4.69, 9.17) is 0 Å². The largest absolute Gasteiger partial charge is 0.433 e. The molecule has 4 rings (SSSR count). The lowest BCUT2D eigenvalue weighted by molar-refractivity contribution is -0.141. The first-order chi connectivity index (χ1) is 13.5. The van der Waals surface area contributed by atoms with Crippen molar-refractivity contribution in [1.82, 2.24) is 29.5 Å². The van der Waals surface area contributed by atoms with Crippen molar-refractivity contribution in [3.05, 3.63) is 30.1 Å². The summed E-state index contributed by atoms with van der Waals surface area (Å²) in [7, 11) is -0.445. The van der Waals surface area contributed by atoms with Gasteiger partial charge in [-0.05, 0) is 18.2 Å². The number of pyridine rings is 1. The number of sulfone groups is 1. The highest BCUT2D eigenvalue weighted by molar-refractivity contribution is 7.91. The third kappa shape index (κ3) is 3.03. The predicted molar refractivity (Wildman–Crippen MR) is 98.7 cm³/mol. The highest BCUT2D eigenvalue weighted by atomic mass is 32.2. The summed E-state index contributed by atoms with van der Waals surface area (Å²) in [6.07, 6.45) is -3.54. The van der Waals surface area contributed by atoms with Crippen LogP contribution >= 0.6 is 0 Å². The van der Waals surface area contributed by atoms with E-state index in [1.165, 1.54) is 28.3 Å². The lowest BCUT2D eigenvalue weighted by Crippen LogP contribution is -2.08. The number of imidazole rings is 1. The smallest absolute Gasteiger partial charge is 0.326 e. The number of benzene rings is 1. The molecule has 8 nitrogen and oxygen atoms in total. The van der Waals surface area contributed by atoms with Crippen LogP contribution in [0, 0.1) is 0 Å². The van der Waals surface area contributed by atoms with Crippen LogP contribution in [0.5, 0.6) is 0 Å². The van der Waals surface area contributed by atoms with E-state index in [0.717, 1.165) is 12.3 Å². The maximum atomic E-state index is 13.0. The van der Waals surface area contributed by atoms with Crippen molar-refractivity contribution < 1.29 is 21.6 Å². The predicted octanol–water partition coefficient (Wildman–Crippen LogP) is 2.73. The fourth-order valence-electron chi connectivity index (χ4n) is 3.13. The average Bonchev–Trinajstić information content (AvgIpc) is 3.20. The van der Waals surface area contributed by atoms with Crippen molar-refractivity contribution in [2.75, 3.05) is 5.75 Å². The van der Waals surface area contributed by atoms with E-state index >= 15 is 0 Å². The summed E-state index contributed by atoms with van der Waals surface area (Å²) in [6.45, 7) is 1.51. The molecule has 0 aliphatic heterocycles. The van der Waals surface area contributed by atoms with Crippen LogP contribution in [0.25, 0.3) is 33.5 Å². The number of aromatic nitrogens is 6. The van der Waals surface area contributed by atoms with E-state index in [1.807, 2.05) is 0 Å². The summed E-state index contributed by atoms with van der Waals surface area (Å²) < 4.78 is 67.4. The van der Waals surface area contributed by atoms with Crippen LogP contribution in [0.1, 0.15) is 12.6 Å². The van der Waals surface area contributed by atoms with E-state index in [9.17, 15) is 21.6 Å². The molecule has 0 spiro atoms. The van der Waals surface area contributed by atoms with E-state index in [-0.39, 0.29) is 27.6 Å². The van der Waals surface area contributed by atoms with Gasteiger partial charge in [0.15, 0.2) is 9.84 Å². The Balaban J connectivity index is 2.04. The zero-order valence-corrected chi connectivity index (χ0v) is 16.4. The second-order valence-corrected chi connectivity index (χ2v) is 8.75. The first-order valence-corrected chi connectivity index (χ1v) is 10.1. The molecule has 0 saturated heterocycles. The Bertz CT molecular complexity index is 1370. The number of alkyl halides is 3. The first-order valence-electron chi connectivity index (χ1n) is 8.49. The number of rotatable bonds is 3. The van der Waals surface area contributed by atoms with Gasteiger partial charge in [-0.25, -0.2) is 23.1 Å². The summed E-state index contributed by atoms with van der Waals surface area (Å²) >= 11 is 0. The Kier molecular flexibility index (Phi) is 4.15. The Labute approximate surface area is 162 Å². The minimum absolute atomic E-state index is 0.0142. The summed E-state index contributed by atoms with van der Waals surface area (Å²) in [5, 5.41) is 7.90. The molecule has 12 heteroatoms. The fourth-order valence-corrected chi connectivity index (χ4v) is 4.22. The van der Waals surface area contributed by atoms with Crippen molar-refractivity contribution in [2.45, 2.75) is 18.0 Å². The number of halogens is 3. The SMILES string of the molecule is CCS(=O)(=O)c1cc2c(cc1-c1nc3cc(C(F)(F)F)ncc3n1C)nnn2C. The number of hydrogen-bond acceptors (Lipinski definition) is 6. The number of aryl methyl sites for hydroxylation is 2. The zero-order chi connectivity index (χ0) is 21.1.